The zero-order valence-corrected chi connectivity index (χ0v) is 19.9. The molecule has 12 nitrogen and oxygen atoms in total. The van der Waals surface area contributed by atoms with E-state index in [2.05, 4.69) is 0 Å². The van der Waals surface area contributed by atoms with Gasteiger partial charge >= 0.3 is 5.97 Å². The van der Waals surface area contributed by atoms with Gasteiger partial charge in [0.2, 0.25) is 6.29 Å². The van der Waals surface area contributed by atoms with E-state index in [-0.39, 0.29) is 6.61 Å². The molecule has 0 unspecified atom stereocenters. The lowest BCUT2D eigenvalue weighted by Crippen LogP contribution is -2.60. The molecule has 12 heteroatoms. The van der Waals surface area contributed by atoms with Crippen molar-refractivity contribution >= 4 is 12.0 Å². The molecule has 0 spiro atoms. The minimum Gasteiger partial charge on any atom is -0.497 e. The van der Waals surface area contributed by atoms with E-state index in [9.17, 15) is 30.3 Å². The van der Waals surface area contributed by atoms with Crippen molar-refractivity contribution in [2.45, 2.75) is 54.8 Å². The van der Waals surface area contributed by atoms with Gasteiger partial charge in [-0.1, -0.05) is 12.1 Å². The SMILES string of the molecule is COc1ccc(/C=C/C(=O)OC[C@]23O[C@H]2[C@@H](O)[C@@H]2C=CO[C@@H](O[C@@H]4O[C@H](CO)[C@@H](O)[C@H](O)[C@H]4O)[C@@H]23)cc1. The first-order valence-electron chi connectivity index (χ1n) is 11.9. The van der Waals surface area contributed by atoms with Crippen LogP contribution in [0.4, 0.5) is 0 Å². The van der Waals surface area contributed by atoms with Crippen LogP contribution in [0.1, 0.15) is 5.56 Å². The average Bonchev–Trinajstić information content (AvgIpc) is 3.60. The first-order chi connectivity index (χ1) is 17.8. The topological polar surface area (TPSA) is 177 Å². The number of epoxide rings is 1. The summed E-state index contributed by atoms with van der Waals surface area (Å²) < 4.78 is 33.2. The number of aliphatic hydroxyl groups excluding tert-OH is 5. The van der Waals surface area contributed by atoms with Crippen molar-refractivity contribution in [2.75, 3.05) is 20.3 Å². The number of carbonyl (C=O) groups is 1. The summed E-state index contributed by atoms with van der Waals surface area (Å²) in [6.07, 6.45) is -4.21. The van der Waals surface area contributed by atoms with Crippen LogP contribution in [-0.2, 0) is 28.5 Å². The number of aliphatic hydroxyl groups is 5. The predicted octanol–water partition coefficient (Wildman–Crippen LogP) is -1.32. The van der Waals surface area contributed by atoms with Crippen LogP contribution in [0.15, 0.2) is 42.7 Å². The molecule has 0 aromatic heterocycles. The Kier molecular flexibility index (Phi) is 7.27. The second kappa shape index (κ2) is 10.3. The molecule has 1 aromatic rings. The molecule has 4 aliphatic rings. The quantitative estimate of drug-likeness (QED) is 0.155. The monoisotopic (exact) mass is 522 g/mol. The minimum atomic E-state index is -1.63. The molecule has 1 aromatic carbocycles. The van der Waals surface area contributed by atoms with Crippen molar-refractivity contribution in [2.24, 2.45) is 11.8 Å². The second-order valence-electron chi connectivity index (χ2n) is 9.47. The van der Waals surface area contributed by atoms with Crippen molar-refractivity contribution in [3.05, 3.63) is 48.2 Å². The number of ether oxygens (including phenoxy) is 6. The highest BCUT2D eigenvalue weighted by molar-refractivity contribution is 5.87. The van der Waals surface area contributed by atoms with Gasteiger partial charge in [0.05, 0.1) is 32.0 Å². The van der Waals surface area contributed by atoms with Crippen LogP contribution in [0.5, 0.6) is 5.75 Å². The van der Waals surface area contributed by atoms with Crippen LogP contribution < -0.4 is 4.74 Å². The molecule has 5 rings (SSSR count). The van der Waals surface area contributed by atoms with Gasteiger partial charge in [-0.3, -0.25) is 0 Å². The van der Waals surface area contributed by atoms with E-state index >= 15 is 0 Å². The summed E-state index contributed by atoms with van der Waals surface area (Å²) in [5, 5.41) is 50.6. The van der Waals surface area contributed by atoms with E-state index in [0.717, 1.165) is 5.56 Å². The Morgan fingerprint density at radius 3 is 2.51 bits per heavy atom. The number of methoxy groups -OCH3 is 1. The highest BCUT2D eigenvalue weighted by atomic mass is 16.8. The summed E-state index contributed by atoms with van der Waals surface area (Å²) in [6, 6.07) is 7.09. The summed E-state index contributed by atoms with van der Waals surface area (Å²) in [5.74, 6) is -1.04. The normalized spacial score (nSPS) is 42.1. The van der Waals surface area contributed by atoms with Crippen molar-refractivity contribution in [1.82, 2.24) is 0 Å². The molecule has 1 saturated carbocycles. The van der Waals surface area contributed by atoms with Gasteiger partial charge in [-0.05, 0) is 29.8 Å². The third kappa shape index (κ3) is 4.75. The third-order valence-electron chi connectivity index (χ3n) is 7.35. The summed E-state index contributed by atoms with van der Waals surface area (Å²) in [6.45, 7) is -0.802. The van der Waals surface area contributed by atoms with Crippen molar-refractivity contribution in [3.63, 3.8) is 0 Å². The average molecular weight is 523 g/mol. The molecule has 37 heavy (non-hydrogen) atoms. The number of fused-ring (bicyclic) bond motifs is 3. The van der Waals surface area contributed by atoms with Crippen LogP contribution in [0, 0.1) is 11.8 Å². The summed E-state index contributed by atoms with van der Waals surface area (Å²) in [5.41, 5.74) is -0.330. The molecule has 3 aliphatic heterocycles. The molecule has 0 amide bonds. The van der Waals surface area contributed by atoms with Gasteiger partial charge in [0.25, 0.3) is 0 Å². The van der Waals surface area contributed by atoms with Gasteiger partial charge in [-0.2, -0.15) is 0 Å². The number of carbonyl (C=O) groups excluding carboxylic acids is 1. The summed E-state index contributed by atoms with van der Waals surface area (Å²) in [7, 11) is 1.56. The highest BCUT2D eigenvalue weighted by Gasteiger charge is 2.76. The van der Waals surface area contributed by atoms with Gasteiger partial charge < -0.3 is 54.0 Å². The van der Waals surface area contributed by atoms with E-state index in [1.54, 1.807) is 43.5 Å². The van der Waals surface area contributed by atoms with Gasteiger partial charge in [-0.15, -0.1) is 0 Å². The zero-order valence-electron chi connectivity index (χ0n) is 19.9. The molecule has 0 radical (unpaired) electrons. The van der Waals surface area contributed by atoms with Gasteiger partial charge in [0.15, 0.2) is 6.29 Å². The van der Waals surface area contributed by atoms with Crippen LogP contribution in [0.2, 0.25) is 0 Å². The molecule has 3 heterocycles. The van der Waals surface area contributed by atoms with E-state index < -0.39 is 79.2 Å². The van der Waals surface area contributed by atoms with Crippen LogP contribution in [0.3, 0.4) is 0 Å². The fourth-order valence-corrected chi connectivity index (χ4v) is 5.27. The van der Waals surface area contributed by atoms with Crippen LogP contribution >= 0.6 is 0 Å². The molecule has 3 fully saturated rings. The lowest BCUT2D eigenvalue weighted by Gasteiger charge is -2.43. The van der Waals surface area contributed by atoms with Gasteiger partial charge in [0, 0.05) is 12.0 Å². The van der Waals surface area contributed by atoms with Crippen molar-refractivity contribution < 1.29 is 58.7 Å². The number of hydrogen-bond acceptors (Lipinski definition) is 12. The second-order valence-corrected chi connectivity index (χ2v) is 9.47. The smallest absolute Gasteiger partial charge is 0.330 e. The Bertz CT molecular complexity index is 1030. The Balaban J connectivity index is 1.26. The first-order valence-corrected chi connectivity index (χ1v) is 11.9. The molecule has 11 atom stereocenters. The first kappa shape index (κ1) is 26.1. The maximum Gasteiger partial charge on any atom is 0.330 e. The van der Waals surface area contributed by atoms with E-state index in [1.807, 2.05) is 0 Å². The predicted molar refractivity (Wildman–Crippen MR) is 122 cm³/mol. The number of esters is 1. The molecular formula is C25H30O12. The van der Waals surface area contributed by atoms with Gasteiger partial charge in [0.1, 0.15) is 48.5 Å². The number of hydrogen-bond donors (Lipinski definition) is 5. The van der Waals surface area contributed by atoms with E-state index in [1.165, 1.54) is 12.3 Å². The standard InChI is InChI=1S/C25H30O12/c1-32-13-5-2-12(3-6-13)4-7-16(27)34-11-25-17-14(18(28)22(25)37-25)8-9-33-23(17)36-24-21(31)20(30)19(29)15(10-26)35-24/h2-9,14-15,17-24,26,28-31H,10-11H2,1H3/b7-4+/t14-,15-,17-,18+,19-,20+,21-,22+,23+,24+,25-/m1/s1. The summed E-state index contributed by atoms with van der Waals surface area (Å²) in [4.78, 5) is 12.4. The summed E-state index contributed by atoms with van der Waals surface area (Å²) >= 11 is 0. The fraction of sp³-hybridized carbons (Fsp3) is 0.560. The third-order valence-corrected chi connectivity index (χ3v) is 7.35. The Hall–Kier alpha value is -2.55. The molecule has 5 N–H and O–H groups in total. The Labute approximate surface area is 212 Å². The zero-order chi connectivity index (χ0) is 26.3. The molecule has 0 bridgehead atoms. The lowest BCUT2D eigenvalue weighted by molar-refractivity contribution is -0.344. The number of benzene rings is 1. The number of rotatable bonds is 8. The van der Waals surface area contributed by atoms with Crippen LogP contribution in [-0.4, -0.2) is 107 Å². The maximum atomic E-state index is 12.4. The maximum absolute atomic E-state index is 12.4. The molecule has 2 saturated heterocycles. The minimum absolute atomic E-state index is 0.187. The lowest BCUT2D eigenvalue weighted by atomic mass is 9.85. The molecule has 202 valence electrons. The molecule has 1 aliphatic carbocycles. The van der Waals surface area contributed by atoms with E-state index in [0.29, 0.717) is 5.75 Å². The fourth-order valence-electron chi connectivity index (χ4n) is 5.27. The van der Waals surface area contributed by atoms with Crippen LogP contribution in [0.25, 0.3) is 6.08 Å². The Morgan fingerprint density at radius 2 is 1.81 bits per heavy atom. The highest BCUT2D eigenvalue weighted by Crippen LogP contribution is 2.60. The largest absolute Gasteiger partial charge is 0.497 e. The van der Waals surface area contributed by atoms with Gasteiger partial charge in [-0.25, -0.2) is 4.79 Å². The molecular weight excluding hydrogens is 492 g/mol. The van der Waals surface area contributed by atoms with Crippen molar-refractivity contribution in [1.29, 1.82) is 0 Å². The van der Waals surface area contributed by atoms with E-state index in [4.69, 9.17) is 28.4 Å². The Morgan fingerprint density at radius 1 is 1.05 bits per heavy atom. The van der Waals surface area contributed by atoms with Crippen molar-refractivity contribution in [3.8, 4) is 5.75 Å².